The van der Waals surface area contributed by atoms with Crippen molar-refractivity contribution in [1.82, 2.24) is 4.98 Å². The summed E-state index contributed by atoms with van der Waals surface area (Å²) < 4.78 is 0. The first-order valence-corrected chi connectivity index (χ1v) is 4.25. The summed E-state index contributed by atoms with van der Waals surface area (Å²) in [5, 5.41) is 0. The Kier molecular flexibility index (Phi) is 1.68. The smallest absolute Gasteiger partial charge is 0.140 e. The number of aryl methyl sites for hydroxylation is 1. The SMILES string of the molecule is CC1C(=O)CCc2ncccc21. The molecular formula is C10H11NO. The molecule has 0 bridgehead atoms. The lowest BCUT2D eigenvalue weighted by Gasteiger charge is -2.19. The number of hydrogen-bond acceptors (Lipinski definition) is 2. The van der Waals surface area contributed by atoms with Gasteiger partial charge in [-0.1, -0.05) is 13.0 Å². The van der Waals surface area contributed by atoms with Crippen LogP contribution in [0.1, 0.15) is 30.5 Å². The first-order chi connectivity index (χ1) is 5.79. The summed E-state index contributed by atoms with van der Waals surface area (Å²) >= 11 is 0. The topological polar surface area (TPSA) is 30.0 Å². The van der Waals surface area contributed by atoms with E-state index >= 15 is 0 Å². The molecule has 0 spiro atoms. The van der Waals surface area contributed by atoms with Gasteiger partial charge >= 0.3 is 0 Å². The number of fused-ring (bicyclic) bond motifs is 1. The van der Waals surface area contributed by atoms with E-state index < -0.39 is 0 Å². The van der Waals surface area contributed by atoms with Crippen molar-refractivity contribution >= 4 is 5.78 Å². The van der Waals surface area contributed by atoms with Gasteiger partial charge in [0, 0.05) is 24.2 Å². The van der Waals surface area contributed by atoms with Gasteiger partial charge in [0.25, 0.3) is 0 Å². The maximum atomic E-state index is 11.3. The number of rotatable bonds is 0. The van der Waals surface area contributed by atoms with Crippen molar-refractivity contribution in [3.8, 4) is 0 Å². The van der Waals surface area contributed by atoms with E-state index in [9.17, 15) is 4.79 Å². The number of nitrogens with zero attached hydrogens (tertiary/aromatic N) is 1. The van der Waals surface area contributed by atoms with Crippen molar-refractivity contribution in [2.24, 2.45) is 0 Å². The molecule has 0 aromatic carbocycles. The molecule has 1 aliphatic rings. The van der Waals surface area contributed by atoms with Gasteiger partial charge in [-0.25, -0.2) is 0 Å². The van der Waals surface area contributed by atoms with Crippen LogP contribution in [0.25, 0.3) is 0 Å². The molecule has 0 aliphatic heterocycles. The first kappa shape index (κ1) is 7.47. The number of hydrogen-bond donors (Lipinski definition) is 0. The Morgan fingerprint density at radius 3 is 3.17 bits per heavy atom. The zero-order chi connectivity index (χ0) is 8.55. The highest BCUT2D eigenvalue weighted by Crippen LogP contribution is 2.26. The fourth-order valence-corrected chi connectivity index (χ4v) is 1.69. The Bertz CT molecular complexity index is 319. The fraction of sp³-hybridized carbons (Fsp3) is 0.400. The molecule has 1 aliphatic carbocycles. The van der Waals surface area contributed by atoms with Gasteiger partial charge < -0.3 is 0 Å². The average Bonchev–Trinajstić information content (AvgIpc) is 2.12. The fourth-order valence-electron chi connectivity index (χ4n) is 1.69. The molecule has 1 aromatic rings. The zero-order valence-electron chi connectivity index (χ0n) is 7.08. The molecule has 1 heterocycles. The number of carbonyl (C=O) groups is 1. The lowest BCUT2D eigenvalue weighted by Crippen LogP contribution is -2.18. The van der Waals surface area contributed by atoms with Crippen LogP contribution >= 0.6 is 0 Å². The maximum absolute atomic E-state index is 11.3. The van der Waals surface area contributed by atoms with E-state index in [4.69, 9.17) is 0 Å². The Hall–Kier alpha value is -1.18. The molecule has 0 N–H and O–H groups in total. The number of carbonyl (C=O) groups excluding carboxylic acids is 1. The normalized spacial score (nSPS) is 22.1. The van der Waals surface area contributed by atoms with Crippen LogP contribution < -0.4 is 0 Å². The molecule has 1 aromatic heterocycles. The molecule has 2 rings (SSSR count). The Morgan fingerprint density at radius 2 is 2.33 bits per heavy atom. The summed E-state index contributed by atoms with van der Waals surface area (Å²) in [6.07, 6.45) is 3.27. The van der Waals surface area contributed by atoms with Crippen LogP contribution in [0.2, 0.25) is 0 Å². The summed E-state index contributed by atoms with van der Waals surface area (Å²) in [6.45, 7) is 1.96. The van der Waals surface area contributed by atoms with E-state index in [0.29, 0.717) is 12.2 Å². The molecule has 12 heavy (non-hydrogen) atoms. The van der Waals surface area contributed by atoms with Crippen LogP contribution in [-0.2, 0) is 11.2 Å². The lowest BCUT2D eigenvalue weighted by molar-refractivity contribution is -0.120. The van der Waals surface area contributed by atoms with Crippen molar-refractivity contribution in [2.45, 2.75) is 25.7 Å². The number of pyridine rings is 1. The Morgan fingerprint density at radius 1 is 1.50 bits per heavy atom. The van der Waals surface area contributed by atoms with Gasteiger partial charge in [0.1, 0.15) is 5.78 Å². The minimum Gasteiger partial charge on any atom is -0.299 e. The van der Waals surface area contributed by atoms with E-state index in [2.05, 4.69) is 4.98 Å². The lowest BCUT2D eigenvalue weighted by atomic mass is 9.86. The van der Waals surface area contributed by atoms with E-state index in [1.165, 1.54) is 0 Å². The van der Waals surface area contributed by atoms with Crippen molar-refractivity contribution in [2.75, 3.05) is 0 Å². The van der Waals surface area contributed by atoms with Gasteiger partial charge in [0.15, 0.2) is 0 Å². The molecule has 0 amide bonds. The molecule has 1 atom stereocenters. The first-order valence-electron chi connectivity index (χ1n) is 4.25. The van der Waals surface area contributed by atoms with Crippen LogP contribution in [0.3, 0.4) is 0 Å². The second kappa shape index (κ2) is 2.70. The summed E-state index contributed by atoms with van der Waals surface area (Å²) in [6, 6.07) is 3.90. The molecule has 0 saturated heterocycles. The van der Waals surface area contributed by atoms with Crippen molar-refractivity contribution in [3.05, 3.63) is 29.6 Å². The Balaban J connectivity index is 2.48. The standard InChI is InChI=1S/C10H11NO/c1-7-8-3-2-6-11-9(8)4-5-10(7)12/h2-3,6-7H,4-5H2,1H3. The van der Waals surface area contributed by atoms with E-state index in [1.54, 1.807) is 6.20 Å². The summed E-state index contributed by atoms with van der Waals surface area (Å²) in [5.41, 5.74) is 2.22. The van der Waals surface area contributed by atoms with Gasteiger partial charge in [0.05, 0.1) is 0 Å². The third-order valence-electron chi connectivity index (χ3n) is 2.48. The van der Waals surface area contributed by atoms with Crippen molar-refractivity contribution < 1.29 is 4.79 Å². The second-order valence-corrected chi connectivity index (χ2v) is 3.23. The van der Waals surface area contributed by atoms with Gasteiger partial charge in [-0.15, -0.1) is 0 Å². The minimum atomic E-state index is 0.0578. The second-order valence-electron chi connectivity index (χ2n) is 3.23. The number of ketones is 1. The largest absolute Gasteiger partial charge is 0.299 e. The van der Waals surface area contributed by atoms with Crippen LogP contribution in [0.15, 0.2) is 18.3 Å². The monoisotopic (exact) mass is 161 g/mol. The highest BCUT2D eigenvalue weighted by molar-refractivity contribution is 5.87. The highest BCUT2D eigenvalue weighted by atomic mass is 16.1. The van der Waals surface area contributed by atoms with Crippen molar-refractivity contribution in [1.29, 1.82) is 0 Å². The highest BCUT2D eigenvalue weighted by Gasteiger charge is 2.23. The molecule has 0 saturated carbocycles. The number of Topliss-reactive ketones (excluding diaryl/α,β-unsaturated/α-hetero) is 1. The molecule has 0 fully saturated rings. The molecule has 2 nitrogen and oxygen atoms in total. The van der Waals surface area contributed by atoms with Crippen molar-refractivity contribution in [3.63, 3.8) is 0 Å². The molecule has 2 heteroatoms. The average molecular weight is 161 g/mol. The summed E-state index contributed by atoms with van der Waals surface area (Å²) in [4.78, 5) is 15.6. The zero-order valence-corrected chi connectivity index (χ0v) is 7.08. The third-order valence-corrected chi connectivity index (χ3v) is 2.48. The summed E-state index contributed by atoms with van der Waals surface area (Å²) in [7, 11) is 0. The molecule has 62 valence electrons. The van der Waals surface area contributed by atoms with Crippen LogP contribution in [0.5, 0.6) is 0 Å². The van der Waals surface area contributed by atoms with Crippen LogP contribution in [0, 0.1) is 0 Å². The maximum Gasteiger partial charge on any atom is 0.140 e. The predicted octanol–water partition coefficient (Wildman–Crippen LogP) is 1.70. The van der Waals surface area contributed by atoms with E-state index in [0.717, 1.165) is 17.7 Å². The van der Waals surface area contributed by atoms with Gasteiger partial charge in [-0.2, -0.15) is 0 Å². The Labute approximate surface area is 71.6 Å². The molecular weight excluding hydrogens is 150 g/mol. The van der Waals surface area contributed by atoms with Gasteiger partial charge in [-0.3, -0.25) is 9.78 Å². The van der Waals surface area contributed by atoms with Crippen LogP contribution in [-0.4, -0.2) is 10.8 Å². The minimum absolute atomic E-state index is 0.0578. The van der Waals surface area contributed by atoms with E-state index in [-0.39, 0.29) is 5.92 Å². The quantitative estimate of drug-likeness (QED) is 0.579. The van der Waals surface area contributed by atoms with Gasteiger partial charge in [-0.05, 0) is 18.1 Å². The summed E-state index contributed by atoms with van der Waals surface area (Å²) in [5.74, 6) is 0.401. The predicted molar refractivity (Wildman–Crippen MR) is 46.0 cm³/mol. The molecule has 1 unspecified atom stereocenters. The third kappa shape index (κ3) is 1.04. The van der Waals surface area contributed by atoms with Gasteiger partial charge in [0.2, 0.25) is 0 Å². The van der Waals surface area contributed by atoms with Crippen LogP contribution in [0.4, 0.5) is 0 Å². The van der Waals surface area contributed by atoms with E-state index in [1.807, 2.05) is 19.1 Å². The number of aromatic nitrogens is 1. The molecule has 0 radical (unpaired) electrons.